The van der Waals surface area contributed by atoms with E-state index < -0.39 is 0 Å². The monoisotopic (exact) mass is 432 g/mol. The zero-order chi connectivity index (χ0) is 23.3. The quantitative estimate of drug-likeness (QED) is 0.549. The summed E-state index contributed by atoms with van der Waals surface area (Å²) in [7, 11) is 0. The van der Waals surface area contributed by atoms with Gasteiger partial charge in [0.05, 0.1) is 12.2 Å². The van der Waals surface area contributed by atoms with Crippen LogP contribution in [0.4, 0.5) is 5.95 Å². The van der Waals surface area contributed by atoms with E-state index in [1.165, 1.54) is 0 Å². The van der Waals surface area contributed by atoms with E-state index in [0.29, 0.717) is 12.5 Å². The van der Waals surface area contributed by atoms with Crippen LogP contribution in [0.25, 0.3) is 16.9 Å². The first-order chi connectivity index (χ1) is 15.2. The molecule has 6 heteroatoms. The smallest absolute Gasteiger partial charge is 0.246 e. The molecule has 0 atom stereocenters. The molecule has 0 fully saturated rings. The average molecular weight is 433 g/mol. The minimum Gasteiger partial charge on any atom is -0.333 e. The summed E-state index contributed by atoms with van der Waals surface area (Å²) in [5.41, 5.74) is 3.75. The van der Waals surface area contributed by atoms with Crippen molar-refractivity contribution in [1.82, 2.24) is 14.5 Å². The predicted molar refractivity (Wildman–Crippen MR) is 129 cm³/mol. The van der Waals surface area contributed by atoms with Crippen molar-refractivity contribution in [3.8, 4) is 16.9 Å². The third kappa shape index (κ3) is 5.84. The number of anilines is 1. The van der Waals surface area contributed by atoms with Crippen LogP contribution in [0.2, 0.25) is 0 Å². The van der Waals surface area contributed by atoms with Gasteiger partial charge in [-0.15, -0.1) is 0 Å². The van der Waals surface area contributed by atoms with E-state index in [1.54, 1.807) is 4.90 Å². The highest BCUT2D eigenvalue weighted by atomic mass is 16.2. The third-order valence-electron chi connectivity index (χ3n) is 5.03. The van der Waals surface area contributed by atoms with Crippen LogP contribution < -0.4 is 5.32 Å². The molecule has 0 radical (unpaired) electrons. The van der Waals surface area contributed by atoms with Gasteiger partial charge in [0.15, 0.2) is 0 Å². The fourth-order valence-corrected chi connectivity index (χ4v) is 3.57. The number of aryl methyl sites for hydroxylation is 1. The molecule has 1 N–H and O–H groups in total. The van der Waals surface area contributed by atoms with Crippen LogP contribution in [0.5, 0.6) is 0 Å². The maximum Gasteiger partial charge on any atom is 0.246 e. The molecular formula is C26H32N4O2. The number of nitrogens with one attached hydrogen (secondary N) is 1. The van der Waals surface area contributed by atoms with Crippen LogP contribution in [0.3, 0.4) is 0 Å². The normalized spacial score (nSPS) is 11.1. The Balaban J connectivity index is 1.91. The van der Waals surface area contributed by atoms with E-state index >= 15 is 0 Å². The Morgan fingerprint density at radius 1 is 1.03 bits per heavy atom. The summed E-state index contributed by atoms with van der Waals surface area (Å²) in [5, 5.41) is 2.94. The minimum absolute atomic E-state index is 0.00343. The molecule has 0 unspecified atom stereocenters. The van der Waals surface area contributed by atoms with Crippen molar-refractivity contribution in [3.05, 3.63) is 66.4 Å². The lowest BCUT2D eigenvalue weighted by Crippen LogP contribution is -2.42. The van der Waals surface area contributed by atoms with Crippen molar-refractivity contribution in [3.63, 3.8) is 0 Å². The van der Waals surface area contributed by atoms with Crippen LogP contribution in [0.15, 0.2) is 60.8 Å². The Kier molecular flexibility index (Phi) is 7.46. The number of carbonyl (C=O) groups excluding carboxylic acids is 2. The molecule has 1 aromatic heterocycles. The van der Waals surface area contributed by atoms with Crippen molar-refractivity contribution in [2.45, 2.75) is 34.6 Å². The zero-order valence-corrected chi connectivity index (χ0v) is 19.5. The molecule has 168 valence electrons. The average Bonchev–Trinajstić information content (AvgIpc) is 3.16. The Morgan fingerprint density at radius 3 is 2.38 bits per heavy atom. The Hall–Kier alpha value is -3.41. The van der Waals surface area contributed by atoms with Gasteiger partial charge in [-0.25, -0.2) is 4.98 Å². The summed E-state index contributed by atoms with van der Waals surface area (Å²) >= 11 is 0. The number of amides is 2. The predicted octanol–water partition coefficient (Wildman–Crippen LogP) is 4.93. The first-order valence-electron chi connectivity index (χ1n) is 11.0. The summed E-state index contributed by atoms with van der Waals surface area (Å²) in [4.78, 5) is 31.9. The molecule has 0 bridgehead atoms. The number of aromatic nitrogens is 2. The molecule has 2 aromatic carbocycles. The lowest BCUT2D eigenvalue weighted by atomic mass is 10.1. The molecule has 0 spiro atoms. The van der Waals surface area contributed by atoms with E-state index in [2.05, 4.69) is 5.32 Å². The van der Waals surface area contributed by atoms with Crippen molar-refractivity contribution in [2.75, 3.05) is 18.4 Å². The van der Waals surface area contributed by atoms with Crippen LogP contribution in [-0.4, -0.2) is 39.4 Å². The molecule has 6 nitrogen and oxygen atoms in total. The topological polar surface area (TPSA) is 67.2 Å². The molecule has 0 saturated heterocycles. The van der Waals surface area contributed by atoms with Crippen LogP contribution >= 0.6 is 0 Å². The summed E-state index contributed by atoms with van der Waals surface area (Å²) in [6.45, 7) is 10.3. The van der Waals surface area contributed by atoms with Gasteiger partial charge in [-0.05, 0) is 30.5 Å². The minimum atomic E-state index is -0.265. The number of nitrogens with zero attached hydrogens (tertiary/aromatic N) is 3. The van der Waals surface area contributed by atoms with Crippen molar-refractivity contribution in [1.29, 1.82) is 0 Å². The first-order valence-corrected chi connectivity index (χ1v) is 11.0. The summed E-state index contributed by atoms with van der Waals surface area (Å²) in [6, 6.07) is 17.9. The second-order valence-corrected chi connectivity index (χ2v) is 8.84. The molecular weight excluding hydrogens is 400 g/mol. The van der Waals surface area contributed by atoms with Gasteiger partial charge in [0.2, 0.25) is 17.8 Å². The highest BCUT2D eigenvalue weighted by molar-refractivity contribution is 5.94. The Bertz CT molecular complexity index is 1070. The zero-order valence-electron chi connectivity index (χ0n) is 19.5. The molecule has 2 amide bonds. The van der Waals surface area contributed by atoms with Gasteiger partial charge in [-0.3, -0.25) is 19.5 Å². The molecule has 0 aliphatic rings. The van der Waals surface area contributed by atoms with E-state index in [-0.39, 0.29) is 30.2 Å². The van der Waals surface area contributed by atoms with Crippen LogP contribution in [0.1, 0.15) is 33.3 Å². The van der Waals surface area contributed by atoms with E-state index in [1.807, 2.05) is 100.0 Å². The van der Waals surface area contributed by atoms with Gasteiger partial charge in [0.1, 0.15) is 0 Å². The molecule has 0 saturated carbocycles. The van der Waals surface area contributed by atoms with Crippen molar-refractivity contribution in [2.24, 2.45) is 11.8 Å². The standard InChI is InChI=1S/C26H32N4O2/c1-18(2)15-29(25(32)19(3)4)17-24(31)28-26-27-23(21-11-7-6-8-12-21)16-30(26)22-13-9-10-20(5)14-22/h6-14,16,18-19H,15,17H2,1-5H3,(H,27,28,31). The van der Waals surface area contributed by atoms with Crippen LogP contribution in [0, 0.1) is 18.8 Å². The maximum absolute atomic E-state index is 13.0. The molecule has 1 heterocycles. The number of rotatable bonds is 8. The van der Waals surface area contributed by atoms with E-state index in [9.17, 15) is 9.59 Å². The SMILES string of the molecule is Cc1cccc(-n2cc(-c3ccccc3)nc2NC(=O)CN(CC(C)C)C(=O)C(C)C)c1. The number of benzene rings is 2. The fraction of sp³-hybridized carbons (Fsp3) is 0.346. The van der Waals surface area contributed by atoms with E-state index in [0.717, 1.165) is 22.5 Å². The molecule has 32 heavy (non-hydrogen) atoms. The molecule has 0 aliphatic heterocycles. The Labute approximate surface area is 190 Å². The van der Waals surface area contributed by atoms with Gasteiger partial charge < -0.3 is 4.90 Å². The maximum atomic E-state index is 13.0. The molecule has 3 rings (SSSR count). The highest BCUT2D eigenvalue weighted by Gasteiger charge is 2.22. The van der Waals surface area contributed by atoms with Crippen molar-refractivity contribution >= 4 is 17.8 Å². The number of imidazole rings is 1. The second-order valence-electron chi connectivity index (χ2n) is 8.84. The number of hydrogen-bond acceptors (Lipinski definition) is 3. The summed E-state index contributed by atoms with van der Waals surface area (Å²) in [6.07, 6.45) is 1.92. The largest absolute Gasteiger partial charge is 0.333 e. The van der Waals surface area contributed by atoms with Gasteiger partial charge >= 0.3 is 0 Å². The van der Waals surface area contributed by atoms with Gasteiger partial charge in [-0.1, -0.05) is 70.2 Å². The molecule has 0 aliphatic carbocycles. The second kappa shape index (κ2) is 10.3. The van der Waals surface area contributed by atoms with Gasteiger partial charge in [0, 0.05) is 29.9 Å². The third-order valence-corrected chi connectivity index (χ3v) is 5.03. The molecule has 3 aromatic rings. The van der Waals surface area contributed by atoms with E-state index in [4.69, 9.17) is 4.98 Å². The van der Waals surface area contributed by atoms with Crippen LogP contribution in [-0.2, 0) is 9.59 Å². The van der Waals surface area contributed by atoms with Crippen molar-refractivity contribution < 1.29 is 9.59 Å². The summed E-state index contributed by atoms with van der Waals surface area (Å²) in [5.74, 6) is 0.241. The summed E-state index contributed by atoms with van der Waals surface area (Å²) < 4.78 is 1.88. The number of carbonyl (C=O) groups is 2. The lowest BCUT2D eigenvalue weighted by molar-refractivity contribution is -0.138. The van der Waals surface area contributed by atoms with Gasteiger partial charge in [-0.2, -0.15) is 0 Å². The lowest BCUT2D eigenvalue weighted by Gasteiger charge is -2.25. The Morgan fingerprint density at radius 2 is 1.75 bits per heavy atom. The first kappa shape index (κ1) is 23.3. The fourth-order valence-electron chi connectivity index (χ4n) is 3.57. The highest BCUT2D eigenvalue weighted by Crippen LogP contribution is 2.24. The number of hydrogen-bond donors (Lipinski definition) is 1. The van der Waals surface area contributed by atoms with Gasteiger partial charge in [0.25, 0.3) is 0 Å².